The highest BCUT2D eigenvalue weighted by Gasteiger charge is 2.39. The Kier molecular flexibility index (Phi) is 5.55. The molecule has 1 aliphatic heterocycles. The minimum atomic E-state index is -0.738. The number of thiazole rings is 1. The number of esters is 1. The van der Waals surface area contributed by atoms with Gasteiger partial charge >= 0.3 is 5.97 Å². The molecule has 0 spiro atoms. The van der Waals surface area contributed by atoms with Crippen molar-refractivity contribution < 1.29 is 14.3 Å². The van der Waals surface area contributed by atoms with Crippen LogP contribution in [0.3, 0.4) is 0 Å². The quantitative estimate of drug-likeness (QED) is 0.785. The van der Waals surface area contributed by atoms with E-state index in [0.717, 1.165) is 35.1 Å². The molecular formula is C19H32N2O3S. The summed E-state index contributed by atoms with van der Waals surface area (Å²) in [5.41, 5.74) is -0.159. The fourth-order valence-corrected chi connectivity index (χ4v) is 5.05. The van der Waals surface area contributed by atoms with Crippen LogP contribution in [-0.2, 0) is 19.7 Å². The van der Waals surface area contributed by atoms with Crippen LogP contribution in [0.4, 0.5) is 5.13 Å². The highest BCUT2D eigenvalue weighted by molar-refractivity contribution is 7.15. The number of hydrogen-bond acceptors (Lipinski definition) is 6. The van der Waals surface area contributed by atoms with E-state index in [2.05, 4.69) is 38.0 Å². The molecule has 1 aromatic rings. The summed E-state index contributed by atoms with van der Waals surface area (Å²) in [7, 11) is 1.42. The average molecular weight is 369 g/mol. The maximum Gasteiger partial charge on any atom is 0.317 e. The SMILES string of the molecule is COC(=O)C(C)(C)c1nc(NCC2CC(C)(C)OC(C)(C)C2)sc1C. The van der Waals surface area contributed by atoms with Gasteiger partial charge in [-0.25, -0.2) is 4.98 Å². The zero-order chi connectivity index (χ0) is 19.0. The third kappa shape index (κ3) is 4.73. The number of aryl methyl sites for hydroxylation is 1. The van der Waals surface area contributed by atoms with Gasteiger partial charge in [0, 0.05) is 11.4 Å². The lowest BCUT2D eigenvalue weighted by Crippen LogP contribution is -2.46. The van der Waals surface area contributed by atoms with Gasteiger partial charge in [0.25, 0.3) is 0 Å². The van der Waals surface area contributed by atoms with Crippen LogP contribution in [-0.4, -0.2) is 35.8 Å². The predicted octanol–water partition coefficient (Wildman–Crippen LogP) is 4.30. The molecular weight excluding hydrogens is 336 g/mol. The van der Waals surface area contributed by atoms with E-state index in [1.54, 1.807) is 11.3 Å². The lowest BCUT2D eigenvalue weighted by molar-refractivity contribution is -0.170. The number of aromatic nitrogens is 1. The molecule has 0 aliphatic carbocycles. The summed E-state index contributed by atoms with van der Waals surface area (Å²) in [6, 6.07) is 0. The summed E-state index contributed by atoms with van der Waals surface area (Å²) < 4.78 is 11.1. The lowest BCUT2D eigenvalue weighted by Gasteiger charge is -2.45. The van der Waals surface area contributed by atoms with Crippen LogP contribution >= 0.6 is 11.3 Å². The maximum atomic E-state index is 12.1. The van der Waals surface area contributed by atoms with E-state index < -0.39 is 5.41 Å². The Balaban J connectivity index is 2.07. The first-order chi connectivity index (χ1) is 11.4. The van der Waals surface area contributed by atoms with Crippen LogP contribution in [0.15, 0.2) is 0 Å². The molecule has 2 rings (SSSR count). The molecule has 1 saturated heterocycles. The van der Waals surface area contributed by atoms with Crippen molar-refractivity contribution in [1.82, 2.24) is 4.98 Å². The molecule has 0 bridgehead atoms. The number of ether oxygens (including phenoxy) is 2. The molecule has 0 unspecified atom stereocenters. The van der Waals surface area contributed by atoms with Gasteiger partial charge in [-0.05, 0) is 67.2 Å². The largest absolute Gasteiger partial charge is 0.468 e. The van der Waals surface area contributed by atoms with Crippen molar-refractivity contribution in [2.45, 2.75) is 77.9 Å². The number of carbonyl (C=O) groups excluding carboxylic acids is 1. The van der Waals surface area contributed by atoms with Gasteiger partial charge in [0.15, 0.2) is 5.13 Å². The first kappa shape index (κ1) is 20.2. The third-order valence-electron chi connectivity index (χ3n) is 4.74. The van der Waals surface area contributed by atoms with E-state index in [-0.39, 0.29) is 17.2 Å². The smallest absolute Gasteiger partial charge is 0.317 e. The highest BCUT2D eigenvalue weighted by atomic mass is 32.1. The van der Waals surface area contributed by atoms with E-state index in [1.165, 1.54) is 7.11 Å². The second kappa shape index (κ2) is 6.88. The minimum Gasteiger partial charge on any atom is -0.468 e. The van der Waals surface area contributed by atoms with Crippen molar-refractivity contribution >= 4 is 22.4 Å². The maximum absolute atomic E-state index is 12.1. The molecule has 0 amide bonds. The Morgan fingerprint density at radius 2 is 1.88 bits per heavy atom. The van der Waals surface area contributed by atoms with Gasteiger partial charge in [-0.2, -0.15) is 0 Å². The van der Waals surface area contributed by atoms with Gasteiger partial charge in [-0.1, -0.05) is 0 Å². The van der Waals surface area contributed by atoms with Crippen molar-refractivity contribution in [2.24, 2.45) is 5.92 Å². The molecule has 0 atom stereocenters. The average Bonchev–Trinajstić information content (AvgIpc) is 2.82. The van der Waals surface area contributed by atoms with E-state index >= 15 is 0 Å². The van der Waals surface area contributed by atoms with Gasteiger partial charge in [0.05, 0.1) is 24.0 Å². The monoisotopic (exact) mass is 368 g/mol. The van der Waals surface area contributed by atoms with E-state index in [1.807, 2.05) is 20.8 Å². The summed E-state index contributed by atoms with van der Waals surface area (Å²) in [5.74, 6) is 0.264. The van der Waals surface area contributed by atoms with Crippen molar-refractivity contribution in [3.63, 3.8) is 0 Å². The van der Waals surface area contributed by atoms with Gasteiger partial charge < -0.3 is 14.8 Å². The number of anilines is 1. The topological polar surface area (TPSA) is 60.5 Å². The molecule has 25 heavy (non-hydrogen) atoms. The minimum absolute atomic E-state index is 0.106. The van der Waals surface area contributed by atoms with E-state index in [9.17, 15) is 4.79 Å². The summed E-state index contributed by atoms with van der Waals surface area (Å²) >= 11 is 1.60. The Morgan fingerprint density at radius 1 is 1.32 bits per heavy atom. The summed E-state index contributed by atoms with van der Waals surface area (Å²) in [4.78, 5) is 17.8. The van der Waals surface area contributed by atoms with Gasteiger partial charge in [0.2, 0.25) is 0 Å². The molecule has 1 aromatic heterocycles. The van der Waals surface area contributed by atoms with Crippen LogP contribution in [0.2, 0.25) is 0 Å². The number of nitrogens with zero attached hydrogens (tertiary/aromatic N) is 1. The van der Waals surface area contributed by atoms with Crippen LogP contribution in [0, 0.1) is 12.8 Å². The van der Waals surface area contributed by atoms with Crippen LogP contribution in [0.25, 0.3) is 0 Å². The number of nitrogens with one attached hydrogen (secondary N) is 1. The molecule has 1 aliphatic rings. The molecule has 142 valence electrons. The second-order valence-electron chi connectivity index (χ2n) is 8.82. The molecule has 1 fully saturated rings. The second-order valence-corrected chi connectivity index (χ2v) is 10.0. The molecule has 1 N–H and O–H groups in total. The Hall–Kier alpha value is -1.14. The fraction of sp³-hybridized carbons (Fsp3) is 0.789. The Labute approximate surface area is 155 Å². The summed E-state index contributed by atoms with van der Waals surface area (Å²) in [5, 5.41) is 4.35. The Morgan fingerprint density at radius 3 is 2.40 bits per heavy atom. The van der Waals surface area contributed by atoms with Gasteiger partial charge in [0.1, 0.15) is 5.41 Å². The standard InChI is InChI=1S/C19H32N2O3S/c1-12-14(19(6,7)15(22)23-8)21-16(25-12)20-11-13-9-17(2,3)24-18(4,5)10-13/h13H,9-11H2,1-8H3,(H,20,21). The van der Waals surface area contributed by atoms with Crippen LogP contribution in [0.1, 0.15) is 65.0 Å². The fourth-order valence-electron chi connectivity index (χ4n) is 4.07. The predicted molar refractivity (Wildman–Crippen MR) is 102 cm³/mol. The van der Waals surface area contributed by atoms with Crippen molar-refractivity contribution in [3.05, 3.63) is 10.6 Å². The van der Waals surface area contributed by atoms with Crippen LogP contribution < -0.4 is 5.32 Å². The third-order valence-corrected chi connectivity index (χ3v) is 5.67. The first-order valence-electron chi connectivity index (χ1n) is 8.87. The van der Waals surface area contributed by atoms with Gasteiger partial charge in [-0.15, -0.1) is 11.3 Å². The van der Waals surface area contributed by atoms with Gasteiger partial charge in [-0.3, -0.25) is 4.79 Å². The Bertz CT molecular complexity index is 619. The molecule has 0 radical (unpaired) electrons. The number of rotatable bonds is 5. The molecule has 0 saturated carbocycles. The molecule has 6 heteroatoms. The number of carbonyl (C=O) groups is 1. The lowest BCUT2D eigenvalue weighted by atomic mass is 9.81. The number of hydrogen-bond donors (Lipinski definition) is 1. The van der Waals surface area contributed by atoms with Crippen molar-refractivity contribution in [3.8, 4) is 0 Å². The molecule has 5 nitrogen and oxygen atoms in total. The van der Waals surface area contributed by atoms with E-state index in [0.29, 0.717) is 5.92 Å². The van der Waals surface area contributed by atoms with Crippen LogP contribution in [0.5, 0.6) is 0 Å². The zero-order valence-corrected chi connectivity index (χ0v) is 17.6. The number of methoxy groups -OCH3 is 1. The highest BCUT2D eigenvalue weighted by Crippen LogP contribution is 2.39. The summed E-state index contributed by atoms with van der Waals surface area (Å²) in [6.07, 6.45) is 2.04. The van der Waals surface area contributed by atoms with Crippen molar-refractivity contribution in [2.75, 3.05) is 19.0 Å². The zero-order valence-electron chi connectivity index (χ0n) is 16.8. The van der Waals surface area contributed by atoms with E-state index in [4.69, 9.17) is 9.47 Å². The molecule has 0 aromatic carbocycles. The first-order valence-corrected chi connectivity index (χ1v) is 9.68. The normalized spacial score (nSPS) is 20.3. The summed E-state index contributed by atoms with van der Waals surface area (Å²) in [6.45, 7) is 15.2. The van der Waals surface area contributed by atoms with Crippen molar-refractivity contribution in [1.29, 1.82) is 0 Å². The molecule has 2 heterocycles.